The van der Waals surface area contributed by atoms with Gasteiger partial charge in [-0.25, -0.2) is 0 Å². The van der Waals surface area contributed by atoms with E-state index in [0.29, 0.717) is 18.9 Å². The Morgan fingerprint density at radius 3 is 2.54 bits per heavy atom. The molecule has 24 heavy (non-hydrogen) atoms. The molecule has 132 valence electrons. The van der Waals surface area contributed by atoms with Crippen LogP contribution in [0.2, 0.25) is 0 Å². The maximum absolute atomic E-state index is 11.2. The molecular weight excluding hydrogens is 364 g/mol. The summed E-state index contributed by atoms with van der Waals surface area (Å²) < 4.78 is 7.05. The largest absolute Gasteiger partial charge is 0.492 e. The highest BCUT2D eigenvalue weighted by molar-refractivity contribution is 9.10. The highest BCUT2D eigenvalue weighted by Gasteiger charge is 2.33. The van der Waals surface area contributed by atoms with E-state index in [1.807, 2.05) is 13.8 Å². The molecule has 1 atom stereocenters. The number of allylic oxidation sites excluding steroid dienone is 2. The number of benzene rings is 1. The van der Waals surface area contributed by atoms with Crippen LogP contribution in [0.25, 0.3) is 5.57 Å². The minimum Gasteiger partial charge on any atom is -0.492 e. The molecule has 1 unspecified atom stereocenters. The maximum Gasteiger partial charge on any atom is 0.136 e. The number of halogens is 1. The predicted molar refractivity (Wildman–Crippen MR) is 105 cm³/mol. The molecule has 0 bridgehead atoms. The predicted octanol–water partition coefficient (Wildman–Crippen LogP) is 5.95. The van der Waals surface area contributed by atoms with Gasteiger partial charge in [-0.15, -0.1) is 0 Å². The van der Waals surface area contributed by atoms with Gasteiger partial charge in [0.05, 0.1) is 11.1 Å². The van der Waals surface area contributed by atoms with Gasteiger partial charge >= 0.3 is 0 Å². The standard InChI is InChI=1S/C21H29BrO2/c1-7-24-20-15(10-14(4)12-23)11-17-16(13(2)3)8-9-21(5,6)18(17)19(20)22/h8,11-14H,7,9-10H2,1-6H3. The summed E-state index contributed by atoms with van der Waals surface area (Å²) in [5.41, 5.74) is 5.22. The maximum atomic E-state index is 11.2. The van der Waals surface area contributed by atoms with Crippen LogP contribution in [0.1, 0.15) is 64.7 Å². The molecule has 0 aromatic heterocycles. The molecule has 0 N–H and O–H groups in total. The molecule has 1 aromatic rings. The number of hydrogen-bond acceptors (Lipinski definition) is 2. The highest BCUT2D eigenvalue weighted by atomic mass is 79.9. The van der Waals surface area contributed by atoms with Gasteiger partial charge in [0.1, 0.15) is 12.0 Å². The van der Waals surface area contributed by atoms with Crippen LogP contribution >= 0.6 is 15.9 Å². The van der Waals surface area contributed by atoms with Crippen molar-refractivity contribution < 1.29 is 9.53 Å². The van der Waals surface area contributed by atoms with E-state index in [9.17, 15) is 4.79 Å². The van der Waals surface area contributed by atoms with Crippen LogP contribution in [-0.4, -0.2) is 12.9 Å². The summed E-state index contributed by atoms with van der Waals surface area (Å²) in [4.78, 5) is 11.2. The summed E-state index contributed by atoms with van der Waals surface area (Å²) >= 11 is 3.84. The first kappa shape index (κ1) is 19.2. The highest BCUT2D eigenvalue weighted by Crippen LogP contribution is 2.49. The molecule has 0 fully saturated rings. The summed E-state index contributed by atoms with van der Waals surface area (Å²) in [6, 6.07) is 2.26. The smallest absolute Gasteiger partial charge is 0.136 e. The summed E-state index contributed by atoms with van der Waals surface area (Å²) in [5, 5.41) is 0. The fourth-order valence-corrected chi connectivity index (χ4v) is 4.66. The van der Waals surface area contributed by atoms with Gasteiger partial charge in [-0.05, 0) is 75.4 Å². The van der Waals surface area contributed by atoms with Crippen LogP contribution in [0, 0.1) is 11.8 Å². The number of rotatable bonds is 6. The van der Waals surface area contributed by atoms with Crippen LogP contribution in [0.4, 0.5) is 0 Å². The van der Waals surface area contributed by atoms with Crippen molar-refractivity contribution in [1.82, 2.24) is 0 Å². The molecule has 0 radical (unpaired) electrons. The van der Waals surface area contributed by atoms with Crippen molar-refractivity contribution in [1.29, 1.82) is 0 Å². The van der Waals surface area contributed by atoms with E-state index in [4.69, 9.17) is 4.74 Å². The summed E-state index contributed by atoms with van der Waals surface area (Å²) in [7, 11) is 0. The lowest BCUT2D eigenvalue weighted by atomic mass is 9.70. The van der Waals surface area contributed by atoms with Gasteiger partial charge in [0.25, 0.3) is 0 Å². The Morgan fingerprint density at radius 1 is 1.33 bits per heavy atom. The third-order valence-corrected chi connectivity index (χ3v) is 5.56. The molecule has 1 aliphatic carbocycles. The van der Waals surface area contributed by atoms with Gasteiger partial charge < -0.3 is 9.53 Å². The fourth-order valence-electron chi connectivity index (χ4n) is 3.54. The van der Waals surface area contributed by atoms with E-state index in [1.165, 1.54) is 16.7 Å². The van der Waals surface area contributed by atoms with Crippen molar-refractivity contribution >= 4 is 27.8 Å². The van der Waals surface area contributed by atoms with Gasteiger partial charge in [0.2, 0.25) is 0 Å². The van der Waals surface area contributed by atoms with Crippen LogP contribution in [0.15, 0.2) is 16.6 Å². The van der Waals surface area contributed by atoms with Crippen LogP contribution in [-0.2, 0) is 16.6 Å². The average molecular weight is 393 g/mol. The molecule has 0 saturated carbocycles. The van der Waals surface area contributed by atoms with Gasteiger partial charge in [-0.3, -0.25) is 0 Å². The number of fused-ring (bicyclic) bond motifs is 1. The molecule has 1 aliphatic rings. The quantitative estimate of drug-likeness (QED) is 0.559. The molecule has 0 aliphatic heterocycles. The molecule has 1 aromatic carbocycles. The molecule has 0 spiro atoms. The van der Waals surface area contributed by atoms with Gasteiger partial charge in [-0.2, -0.15) is 0 Å². The zero-order chi connectivity index (χ0) is 18.1. The zero-order valence-corrected chi connectivity index (χ0v) is 17.3. The topological polar surface area (TPSA) is 26.3 Å². The Hall–Kier alpha value is -1.09. The van der Waals surface area contributed by atoms with Crippen molar-refractivity contribution in [3.63, 3.8) is 0 Å². The normalized spacial score (nSPS) is 17.2. The molecule has 0 amide bonds. The average Bonchev–Trinajstić information content (AvgIpc) is 2.49. The van der Waals surface area contributed by atoms with E-state index < -0.39 is 0 Å². The molecule has 0 heterocycles. The second kappa shape index (κ2) is 7.43. The van der Waals surface area contributed by atoms with E-state index in [2.05, 4.69) is 55.8 Å². The van der Waals surface area contributed by atoms with Crippen LogP contribution in [0.5, 0.6) is 5.75 Å². The molecule has 0 saturated heterocycles. The Balaban J connectivity index is 2.72. The van der Waals surface area contributed by atoms with E-state index in [1.54, 1.807) is 0 Å². The van der Waals surface area contributed by atoms with Crippen LogP contribution in [0.3, 0.4) is 0 Å². The minimum absolute atomic E-state index is 0.0164. The van der Waals surface area contributed by atoms with Crippen molar-refractivity contribution in [2.75, 3.05) is 6.61 Å². The van der Waals surface area contributed by atoms with E-state index in [0.717, 1.165) is 28.5 Å². The monoisotopic (exact) mass is 392 g/mol. The molecule has 3 heteroatoms. The summed E-state index contributed by atoms with van der Waals surface area (Å²) in [6.07, 6.45) is 5.14. The Bertz CT molecular complexity index is 656. The lowest BCUT2D eigenvalue weighted by Crippen LogP contribution is -2.24. The third kappa shape index (κ3) is 3.61. The minimum atomic E-state index is -0.0164. The Kier molecular flexibility index (Phi) is 5.95. The fraction of sp³-hybridized carbons (Fsp3) is 0.571. The molecule has 2 nitrogen and oxygen atoms in total. The SMILES string of the molecule is CCOc1c(CC(C)C=O)cc2c(c1Br)C(C)(C)CC=C2C(C)C. The number of ether oxygens (including phenoxy) is 1. The lowest BCUT2D eigenvalue weighted by molar-refractivity contribution is -0.110. The van der Waals surface area contributed by atoms with Gasteiger partial charge in [0, 0.05) is 5.92 Å². The van der Waals surface area contributed by atoms with Crippen molar-refractivity contribution in [3.05, 3.63) is 33.3 Å². The first-order chi connectivity index (χ1) is 11.2. The number of hydrogen-bond donors (Lipinski definition) is 0. The molecule has 2 rings (SSSR count). The lowest BCUT2D eigenvalue weighted by Gasteiger charge is -2.36. The second-order valence-corrected chi connectivity index (χ2v) is 8.55. The molecular formula is C21H29BrO2. The number of aldehydes is 1. The van der Waals surface area contributed by atoms with Crippen LogP contribution < -0.4 is 4.74 Å². The Labute approximate surface area is 154 Å². The first-order valence-corrected chi connectivity index (χ1v) is 9.66. The summed E-state index contributed by atoms with van der Waals surface area (Å²) in [6.45, 7) is 13.6. The summed E-state index contributed by atoms with van der Waals surface area (Å²) in [5.74, 6) is 1.36. The number of carbonyl (C=O) groups excluding carboxylic acids is 1. The zero-order valence-electron chi connectivity index (χ0n) is 15.7. The van der Waals surface area contributed by atoms with Gasteiger partial charge in [0.15, 0.2) is 0 Å². The van der Waals surface area contributed by atoms with Crippen molar-refractivity contribution in [3.8, 4) is 5.75 Å². The Morgan fingerprint density at radius 2 is 2.00 bits per heavy atom. The van der Waals surface area contributed by atoms with Crippen molar-refractivity contribution in [2.24, 2.45) is 11.8 Å². The van der Waals surface area contributed by atoms with Crippen molar-refractivity contribution in [2.45, 2.75) is 59.8 Å². The number of carbonyl (C=O) groups is 1. The van der Waals surface area contributed by atoms with Gasteiger partial charge in [-0.1, -0.05) is 40.7 Å². The van der Waals surface area contributed by atoms with E-state index in [-0.39, 0.29) is 11.3 Å². The van der Waals surface area contributed by atoms with E-state index >= 15 is 0 Å². The second-order valence-electron chi connectivity index (χ2n) is 7.75. The third-order valence-electron chi connectivity index (χ3n) is 4.80. The first-order valence-electron chi connectivity index (χ1n) is 8.87.